The summed E-state index contributed by atoms with van der Waals surface area (Å²) in [6.07, 6.45) is 3.04. The van der Waals surface area contributed by atoms with E-state index in [9.17, 15) is 4.79 Å². The largest absolute Gasteiger partial charge is 0.371 e. The fourth-order valence-electron chi connectivity index (χ4n) is 4.02. The topological polar surface area (TPSA) is 97.7 Å². The molecule has 1 aromatic heterocycles. The minimum Gasteiger partial charge on any atom is -0.371 e. The molecule has 2 heterocycles. The van der Waals surface area contributed by atoms with Crippen LogP contribution in [0.1, 0.15) is 50.9 Å². The molecule has 8 nitrogen and oxygen atoms in total. The number of hydrogen-bond donors (Lipinski definition) is 1. The van der Waals surface area contributed by atoms with E-state index in [-0.39, 0.29) is 36.8 Å². The average Bonchev–Trinajstić information content (AvgIpc) is 3.31. The van der Waals surface area contributed by atoms with E-state index in [1.165, 1.54) is 0 Å². The predicted octanol–water partition coefficient (Wildman–Crippen LogP) is 2.03. The molecule has 1 aliphatic carbocycles. The smallest absolute Gasteiger partial charge is 0.240 e. The number of nitrogens with two attached hydrogens (primary N) is 1. The van der Waals surface area contributed by atoms with Gasteiger partial charge in [-0.05, 0) is 39.2 Å². The first-order valence-corrected chi connectivity index (χ1v) is 9.77. The van der Waals surface area contributed by atoms with Crippen molar-refractivity contribution in [1.29, 1.82) is 0 Å². The predicted molar refractivity (Wildman–Crippen MR) is 111 cm³/mol. The molecule has 28 heavy (non-hydrogen) atoms. The first kappa shape index (κ1) is 25.1. The van der Waals surface area contributed by atoms with Crippen LogP contribution in [0.2, 0.25) is 0 Å². The SMILES string of the molecule is CCOC(C)c1noc(CN2CCN(C(=O)[C@@H]3CCC[C@@H]3CN)CC2)n1.Cl.Cl. The second kappa shape index (κ2) is 11.9. The molecular weight excluding hydrogens is 405 g/mol. The summed E-state index contributed by atoms with van der Waals surface area (Å²) in [5.74, 6) is 1.98. The van der Waals surface area contributed by atoms with E-state index >= 15 is 0 Å². The molecule has 3 atom stereocenters. The highest BCUT2D eigenvalue weighted by Gasteiger charge is 2.35. The molecule has 2 aliphatic rings. The Hall–Kier alpha value is -0.930. The Balaban J connectivity index is 0.00000196. The van der Waals surface area contributed by atoms with Gasteiger partial charge in [0, 0.05) is 38.7 Å². The van der Waals surface area contributed by atoms with Crippen molar-refractivity contribution < 1.29 is 14.1 Å². The standard InChI is InChI=1S/C18H31N5O3.2ClH/c1-3-25-13(2)17-20-16(26-21-17)12-22-7-9-23(10-8-22)18(24)15-6-4-5-14(15)11-19;;/h13-15H,3-12,19H2,1-2H3;2*1H/t13?,14-,15-;;/m1../s1. The van der Waals surface area contributed by atoms with Crippen LogP contribution >= 0.6 is 24.8 Å². The van der Waals surface area contributed by atoms with Crippen molar-refractivity contribution in [2.24, 2.45) is 17.6 Å². The Kier molecular flexibility index (Phi) is 10.7. The molecule has 1 saturated carbocycles. The lowest BCUT2D eigenvalue weighted by atomic mass is 9.94. The molecule has 162 valence electrons. The van der Waals surface area contributed by atoms with E-state index in [4.69, 9.17) is 15.0 Å². The molecule has 2 fully saturated rings. The zero-order valence-electron chi connectivity index (χ0n) is 16.7. The van der Waals surface area contributed by atoms with Crippen LogP contribution in [0.25, 0.3) is 0 Å². The number of aromatic nitrogens is 2. The zero-order chi connectivity index (χ0) is 18.5. The summed E-state index contributed by atoms with van der Waals surface area (Å²) in [4.78, 5) is 21.5. The molecule has 0 aromatic carbocycles. The van der Waals surface area contributed by atoms with Crippen LogP contribution in [-0.2, 0) is 16.1 Å². The third-order valence-corrected chi connectivity index (χ3v) is 5.59. The molecule has 0 bridgehead atoms. The highest BCUT2D eigenvalue weighted by molar-refractivity contribution is 5.85. The van der Waals surface area contributed by atoms with Crippen LogP contribution in [0.3, 0.4) is 0 Å². The quantitative estimate of drug-likeness (QED) is 0.696. The van der Waals surface area contributed by atoms with Crippen molar-refractivity contribution in [2.75, 3.05) is 39.3 Å². The minimum absolute atomic E-state index is 0. The van der Waals surface area contributed by atoms with Gasteiger partial charge in [-0.15, -0.1) is 24.8 Å². The molecule has 1 amide bonds. The van der Waals surface area contributed by atoms with Gasteiger partial charge in [-0.3, -0.25) is 9.69 Å². The lowest BCUT2D eigenvalue weighted by Crippen LogP contribution is -2.50. The van der Waals surface area contributed by atoms with Crippen molar-refractivity contribution in [3.05, 3.63) is 11.7 Å². The third kappa shape index (κ3) is 6.03. The van der Waals surface area contributed by atoms with Crippen molar-refractivity contribution in [2.45, 2.75) is 45.8 Å². The number of hydrogen-bond acceptors (Lipinski definition) is 7. The molecule has 1 aliphatic heterocycles. The van der Waals surface area contributed by atoms with E-state index in [1.807, 2.05) is 18.7 Å². The van der Waals surface area contributed by atoms with Crippen molar-refractivity contribution >= 4 is 30.7 Å². The van der Waals surface area contributed by atoms with Crippen molar-refractivity contribution in [1.82, 2.24) is 19.9 Å². The molecule has 1 unspecified atom stereocenters. The van der Waals surface area contributed by atoms with Crippen LogP contribution in [0.15, 0.2) is 4.52 Å². The van der Waals surface area contributed by atoms with Gasteiger partial charge in [0.25, 0.3) is 0 Å². The van der Waals surface area contributed by atoms with Gasteiger partial charge in [-0.25, -0.2) is 0 Å². The maximum absolute atomic E-state index is 12.8. The van der Waals surface area contributed by atoms with Gasteiger partial charge in [-0.1, -0.05) is 11.6 Å². The summed E-state index contributed by atoms with van der Waals surface area (Å²) in [7, 11) is 0. The monoisotopic (exact) mass is 437 g/mol. The van der Waals surface area contributed by atoms with Crippen LogP contribution < -0.4 is 5.73 Å². The lowest BCUT2D eigenvalue weighted by molar-refractivity contribution is -0.138. The van der Waals surface area contributed by atoms with E-state index in [0.717, 1.165) is 45.4 Å². The van der Waals surface area contributed by atoms with E-state index in [2.05, 4.69) is 15.0 Å². The highest BCUT2D eigenvalue weighted by atomic mass is 35.5. The number of amides is 1. The Labute approximate surface area is 179 Å². The fourth-order valence-corrected chi connectivity index (χ4v) is 4.02. The zero-order valence-corrected chi connectivity index (χ0v) is 18.3. The molecule has 10 heteroatoms. The van der Waals surface area contributed by atoms with Crippen LogP contribution in [-0.4, -0.2) is 65.2 Å². The summed E-state index contributed by atoms with van der Waals surface area (Å²) < 4.78 is 10.8. The fraction of sp³-hybridized carbons (Fsp3) is 0.833. The molecule has 2 N–H and O–H groups in total. The summed E-state index contributed by atoms with van der Waals surface area (Å²) in [6.45, 7) is 8.87. The van der Waals surface area contributed by atoms with E-state index < -0.39 is 0 Å². The van der Waals surface area contributed by atoms with Gasteiger partial charge in [0.05, 0.1) is 6.54 Å². The number of rotatable bonds is 7. The molecular formula is C18H33Cl2N5O3. The van der Waals surface area contributed by atoms with Gasteiger partial charge in [0.15, 0.2) is 5.82 Å². The van der Waals surface area contributed by atoms with Crippen LogP contribution in [0.4, 0.5) is 0 Å². The first-order chi connectivity index (χ1) is 12.6. The molecule has 1 aromatic rings. The van der Waals surface area contributed by atoms with Crippen LogP contribution in [0, 0.1) is 11.8 Å². The Morgan fingerprint density at radius 1 is 1.29 bits per heavy atom. The number of ether oxygens (including phenoxy) is 1. The Morgan fingerprint density at radius 3 is 2.64 bits per heavy atom. The van der Waals surface area contributed by atoms with Crippen molar-refractivity contribution in [3.8, 4) is 0 Å². The number of nitrogens with zero attached hydrogens (tertiary/aromatic N) is 4. The van der Waals surface area contributed by atoms with Gasteiger partial charge in [0.1, 0.15) is 6.10 Å². The second-order valence-electron chi connectivity index (χ2n) is 7.28. The maximum Gasteiger partial charge on any atom is 0.240 e. The van der Waals surface area contributed by atoms with Gasteiger partial charge < -0.3 is 19.9 Å². The van der Waals surface area contributed by atoms with Crippen molar-refractivity contribution in [3.63, 3.8) is 0 Å². The van der Waals surface area contributed by atoms with Gasteiger partial charge in [0.2, 0.25) is 11.8 Å². The van der Waals surface area contributed by atoms with Crippen LogP contribution in [0.5, 0.6) is 0 Å². The Morgan fingerprint density at radius 2 is 2.00 bits per heavy atom. The summed E-state index contributed by atoms with van der Waals surface area (Å²) in [6, 6.07) is 0. The van der Waals surface area contributed by atoms with Gasteiger partial charge in [-0.2, -0.15) is 4.98 Å². The number of carbonyl (C=O) groups is 1. The maximum atomic E-state index is 12.8. The normalized spacial score (nSPS) is 23.8. The molecule has 0 spiro atoms. The molecule has 1 saturated heterocycles. The number of carbonyl (C=O) groups excluding carboxylic acids is 1. The summed E-state index contributed by atoms with van der Waals surface area (Å²) in [5.41, 5.74) is 5.83. The number of halogens is 2. The first-order valence-electron chi connectivity index (χ1n) is 9.77. The summed E-state index contributed by atoms with van der Waals surface area (Å²) >= 11 is 0. The van der Waals surface area contributed by atoms with E-state index in [1.54, 1.807) is 0 Å². The molecule has 0 radical (unpaired) electrons. The minimum atomic E-state index is -0.158. The average molecular weight is 438 g/mol. The Bertz CT molecular complexity index is 596. The number of piperazine rings is 1. The molecule has 3 rings (SSSR count). The highest BCUT2D eigenvalue weighted by Crippen LogP contribution is 2.32. The summed E-state index contributed by atoms with van der Waals surface area (Å²) in [5, 5.41) is 4.00. The van der Waals surface area contributed by atoms with Gasteiger partial charge >= 0.3 is 0 Å². The lowest BCUT2D eigenvalue weighted by Gasteiger charge is -2.36. The van der Waals surface area contributed by atoms with E-state index in [0.29, 0.717) is 43.2 Å². The second-order valence-corrected chi connectivity index (χ2v) is 7.28. The third-order valence-electron chi connectivity index (χ3n) is 5.59.